The molecule has 0 atom stereocenters. The standard InChI is InChI=1S/C13H10F3NO3S/c1-2-9-10(11(18)19)17-12(21-9)20-8-5-3-4-7(6-8)13(14,15)16/h3-6H,2H2,1H3,(H,18,19). The lowest BCUT2D eigenvalue weighted by molar-refractivity contribution is -0.137. The zero-order chi connectivity index (χ0) is 15.6. The number of carboxylic acid groups (broad SMARTS) is 1. The summed E-state index contributed by atoms with van der Waals surface area (Å²) in [7, 11) is 0. The van der Waals surface area contributed by atoms with Crippen LogP contribution >= 0.6 is 11.3 Å². The number of rotatable bonds is 4. The fourth-order valence-corrected chi connectivity index (χ4v) is 2.48. The summed E-state index contributed by atoms with van der Waals surface area (Å²) in [6.07, 6.45) is -4.02. The summed E-state index contributed by atoms with van der Waals surface area (Å²) < 4.78 is 43.0. The highest BCUT2D eigenvalue weighted by Crippen LogP contribution is 2.34. The highest BCUT2D eigenvalue weighted by molar-refractivity contribution is 7.13. The van der Waals surface area contributed by atoms with Gasteiger partial charge in [0.15, 0.2) is 5.69 Å². The molecule has 8 heteroatoms. The highest BCUT2D eigenvalue weighted by atomic mass is 32.1. The molecule has 0 saturated carbocycles. The van der Waals surface area contributed by atoms with Gasteiger partial charge >= 0.3 is 12.1 Å². The van der Waals surface area contributed by atoms with Crippen LogP contribution in [0.2, 0.25) is 0 Å². The third kappa shape index (κ3) is 3.52. The lowest BCUT2D eigenvalue weighted by atomic mass is 10.2. The minimum absolute atomic E-state index is 0.00331. The van der Waals surface area contributed by atoms with Crippen LogP contribution in [0.4, 0.5) is 13.2 Å². The molecule has 0 spiro atoms. The number of carbonyl (C=O) groups is 1. The molecule has 2 aromatic rings. The van der Waals surface area contributed by atoms with Gasteiger partial charge < -0.3 is 9.84 Å². The molecule has 0 saturated heterocycles. The second-order valence-corrected chi connectivity index (χ2v) is 5.08. The smallest absolute Gasteiger partial charge is 0.416 e. The molecule has 0 amide bonds. The van der Waals surface area contributed by atoms with E-state index < -0.39 is 17.7 Å². The highest BCUT2D eigenvalue weighted by Gasteiger charge is 2.30. The molecule has 0 bridgehead atoms. The van der Waals surface area contributed by atoms with E-state index in [4.69, 9.17) is 9.84 Å². The number of hydrogen-bond acceptors (Lipinski definition) is 4. The fraction of sp³-hybridized carbons (Fsp3) is 0.231. The molecule has 1 aromatic heterocycles. The van der Waals surface area contributed by atoms with E-state index in [9.17, 15) is 18.0 Å². The first-order chi connectivity index (χ1) is 9.81. The van der Waals surface area contributed by atoms with E-state index in [-0.39, 0.29) is 16.6 Å². The molecule has 1 aromatic carbocycles. The average Bonchev–Trinajstić information content (AvgIpc) is 2.81. The predicted molar refractivity (Wildman–Crippen MR) is 70.0 cm³/mol. The van der Waals surface area contributed by atoms with Crippen LogP contribution in [0.5, 0.6) is 10.9 Å². The third-order valence-electron chi connectivity index (χ3n) is 2.57. The number of ether oxygens (including phenoxy) is 1. The quantitative estimate of drug-likeness (QED) is 0.917. The average molecular weight is 317 g/mol. The van der Waals surface area contributed by atoms with Gasteiger partial charge in [0.2, 0.25) is 0 Å². The Kier molecular flexibility index (Phi) is 4.17. The van der Waals surface area contributed by atoms with E-state index in [2.05, 4.69) is 4.98 Å². The molecule has 0 aliphatic rings. The number of hydrogen-bond donors (Lipinski definition) is 1. The van der Waals surface area contributed by atoms with Gasteiger partial charge in [0.05, 0.1) is 5.56 Å². The number of aromatic carboxylic acids is 1. The molecule has 1 N–H and O–H groups in total. The Morgan fingerprint density at radius 1 is 1.43 bits per heavy atom. The van der Waals surface area contributed by atoms with E-state index in [1.807, 2.05) is 0 Å². The van der Waals surface area contributed by atoms with E-state index in [1.54, 1.807) is 6.92 Å². The van der Waals surface area contributed by atoms with Crippen LogP contribution in [-0.4, -0.2) is 16.1 Å². The lowest BCUT2D eigenvalue weighted by Gasteiger charge is -2.08. The SMILES string of the molecule is CCc1sc(Oc2cccc(C(F)(F)F)c2)nc1C(=O)O. The molecule has 0 fully saturated rings. The van der Waals surface area contributed by atoms with Crippen molar-refractivity contribution in [3.63, 3.8) is 0 Å². The summed E-state index contributed by atoms with van der Waals surface area (Å²) in [5.74, 6) is -1.24. The third-order valence-corrected chi connectivity index (χ3v) is 3.65. The van der Waals surface area contributed by atoms with Crippen molar-refractivity contribution in [1.82, 2.24) is 4.98 Å². The minimum Gasteiger partial charge on any atom is -0.476 e. The van der Waals surface area contributed by atoms with E-state index in [0.29, 0.717) is 11.3 Å². The van der Waals surface area contributed by atoms with Gasteiger partial charge in [-0.15, -0.1) is 0 Å². The Bertz CT molecular complexity index is 667. The van der Waals surface area contributed by atoms with Crippen LogP contribution in [0.1, 0.15) is 27.9 Å². The van der Waals surface area contributed by atoms with Gasteiger partial charge in [-0.2, -0.15) is 18.2 Å². The zero-order valence-electron chi connectivity index (χ0n) is 10.8. The lowest BCUT2D eigenvalue weighted by Crippen LogP contribution is -2.04. The maximum atomic E-state index is 12.6. The van der Waals surface area contributed by atoms with E-state index in [1.165, 1.54) is 12.1 Å². The number of nitrogens with zero attached hydrogens (tertiary/aromatic N) is 1. The summed E-state index contributed by atoms with van der Waals surface area (Å²) >= 11 is 1.00. The Hall–Kier alpha value is -2.09. The second-order valence-electron chi connectivity index (χ2n) is 4.04. The van der Waals surface area contributed by atoms with Gasteiger partial charge in [0.1, 0.15) is 5.75 Å². The molecular weight excluding hydrogens is 307 g/mol. The number of carboxylic acids is 1. The largest absolute Gasteiger partial charge is 0.476 e. The van der Waals surface area contributed by atoms with Crippen molar-refractivity contribution in [1.29, 1.82) is 0 Å². The fourth-order valence-electron chi connectivity index (χ4n) is 1.62. The van der Waals surface area contributed by atoms with Crippen molar-refractivity contribution in [3.05, 3.63) is 40.4 Å². The molecule has 4 nitrogen and oxygen atoms in total. The Morgan fingerprint density at radius 2 is 2.14 bits per heavy atom. The van der Waals surface area contributed by atoms with Crippen LogP contribution in [0.3, 0.4) is 0 Å². The first kappa shape index (κ1) is 15.3. The topological polar surface area (TPSA) is 59.4 Å². The number of halogens is 3. The predicted octanol–water partition coefficient (Wildman–Crippen LogP) is 4.21. The molecular formula is C13H10F3NO3S. The van der Waals surface area contributed by atoms with Crippen LogP contribution in [-0.2, 0) is 12.6 Å². The molecule has 0 unspecified atom stereocenters. The summed E-state index contributed by atoms with van der Waals surface area (Å²) in [4.78, 5) is 15.3. The first-order valence-corrected chi connectivity index (χ1v) is 6.71. The maximum absolute atomic E-state index is 12.6. The number of benzene rings is 1. The summed E-state index contributed by atoms with van der Waals surface area (Å²) in [5, 5.41) is 8.97. The van der Waals surface area contributed by atoms with Gasteiger partial charge in [-0.05, 0) is 24.6 Å². The van der Waals surface area contributed by atoms with Gasteiger partial charge in [-0.25, -0.2) is 4.79 Å². The summed E-state index contributed by atoms with van der Waals surface area (Å²) in [6, 6.07) is 4.33. The van der Waals surface area contributed by atoms with Crippen molar-refractivity contribution in [2.75, 3.05) is 0 Å². The number of thiazole rings is 1. The first-order valence-electron chi connectivity index (χ1n) is 5.89. The normalized spacial score (nSPS) is 11.4. The molecule has 0 aliphatic carbocycles. The maximum Gasteiger partial charge on any atom is 0.416 e. The molecule has 0 aliphatic heterocycles. The van der Waals surface area contributed by atoms with Gasteiger partial charge in [0, 0.05) is 4.88 Å². The van der Waals surface area contributed by atoms with Crippen LogP contribution in [0.15, 0.2) is 24.3 Å². The van der Waals surface area contributed by atoms with Crippen molar-refractivity contribution < 1.29 is 27.8 Å². The number of aromatic nitrogens is 1. The monoisotopic (exact) mass is 317 g/mol. The zero-order valence-corrected chi connectivity index (χ0v) is 11.6. The molecule has 112 valence electrons. The molecule has 1 heterocycles. The Balaban J connectivity index is 2.28. The Morgan fingerprint density at radius 3 is 2.67 bits per heavy atom. The molecule has 21 heavy (non-hydrogen) atoms. The van der Waals surface area contributed by atoms with Gasteiger partial charge in [-0.1, -0.05) is 24.3 Å². The summed E-state index contributed by atoms with van der Waals surface area (Å²) in [5.41, 5.74) is -0.977. The van der Waals surface area contributed by atoms with Crippen molar-refractivity contribution in [2.45, 2.75) is 19.5 Å². The van der Waals surface area contributed by atoms with E-state index >= 15 is 0 Å². The Labute approximate surface area is 121 Å². The second kappa shape index (κ2) is 5.72. The van der Waals surface area contributed by atoms with Crippen molar-refractivity contribution in [2.24, 2.45) is 0 Å². The summed E-state index contributed by atoms with van der Waals surface area (Å²) in [6.45, 7) is 1.76. The van der Waals surface area contributed by atoms with Crippen molar-refractivity contribution >= 4 is 17.3 Å². The van der Waals surface area contributed by atoms with Crippen molar-refractivity contribution in [3.8, 4) is 10.9 Å². The number of alkyl halides is 3. The molecule has 0 radical (unpaired) electrons. The molecule has 2 rings (SSSR count). The minimum atomic E-state index is -4.47. The number of aryl methyl sites for hydroxylation is 1. The van der Waals surface area contributed by atoms with Gasteiger partial charge in [0.25, 0.3) is 5.19 Å². The van der Waals surface area contributed by atoms with E-state index in [0.717, 1.165) is 23.5 Å². The van der Waals surface area contributed by atoms with Crippen LogP contribution in [0.25, 0.3) is 0 Å². The van der Waals surface area contributed by atoms with Crippen LogP contribution < -0.4 is 4.74 Å². The van der Waals surface area contributed by atoms with Crippen LogP contribution in [0, 0.1) is 0 Å². The van der Waals surface area contributed by atoms with Gasteiger partial charge in [-0.3, -0.25) is 0 Å².